The molecule has 3 rings (SSSR count). The summed E-state index contributed by atoms with van der Waals surface area (Å²) in [7, 11) is 0. The van der Waals surface area contributed by atoms with Gasteiger partial charge in [0, 0.05) is 17.1 Å². The van der Waals surface area contributed by atoms with Crippen LogP contribution in [0.1, 0.15) is 17.3 Å². The summed E-state index contributed by atoms with van der Waals surface area (Å²) in [6, 6.07) is 23.7. The van der Waals surface area contributed by atoms with Crippen molar-refractivity contribution in [2.45, 2.75) is 13.0 Å². The van der Waals surface area contributed by atoms with E-state index in [4.69, 9.17) is 4.74 Å². The summed E-state index contributed by atoms with van der Waals surface area (Å²) in [5.41, 5.74) is 2.06. The molecule has 0 spiro atoms. The van der Waals surface area contributed by atoms with Crippen LogP contribution < -0.4 is 16.0 Å². The van der Waals surface area contributed by atoms with Crippen molar-refractivity contribution in [1.29, 1.82) is 0 Å². The van der Waals surface area contributed by atoms with E-state index in [0.29, 0.717) is 17.1 Å². The van der Waals surface area contributed by atoms with Crippen LogP contribution in [0.25, 0.3) is 0 Å². The quantitative estimate of drug-likeness (QED) is 0.528. The molecule has 0 fully saturated rings. The number of rotatable bonds is 6. The second-order valence-electron chi connectivity index (χ2n) is 6.43. The van der Waals surface area contributed by atoms with E-state index in [1.165, 1.54) is 19.1 Å². The standard InChI is InChI=1S/C23H21N3O4/c1-16(21(27)24-18-8-4-2-5-9-18)30-22(28)17-12-14-20(15-13-17)26-23(29)25-19-10-6-3-7-11-19/h2-16H,1H3,(H,24,27)(H2,25,26,29). The Balaban J connectivity index is 1.51. The number of urea groups is 1. The Morgan fingerprint density at radius 1 is 0.667 bits per heavy atom. The highest BCUT2D eigenvalue weighted by Crippen LogP contribution is 2.13. The zero-order chi connectivity index (χ0) is 21.3. The van der Waals surface area contributed by atoms with Crippen molar-refractivity contribution in [3.63, 3.8) is 0 Å². The van der Waals surface area contributed by atoms with Gasteiger partial charge in [-0.25, -0.2) is 9.59 Å². The molecule has 3 N–H and O–H groups in total. The topological polar surface area (TPSA) is 96.5 Å². The molecule has 152 valence electrons. The van der Waals surface area contributed by atoms with Gasteiger partial charge in [0.2, 0.25) is 0 Å². The molecular weight excluding hydrogens is 382 g/mol. The molecule has 3 amide bonds. The summed E-state index contributed by atoms with van der Waals surface area (Å²) in [5, 5.41) is 8.06. The van der Waals surface area contributed by atoms with Crippen molar-refractivity contribution in [3.8, 4) is 0 Å². The fourth-order valence-electron chi connectivity index (χ4n) is 2.55. The lowest BCUT2D eigenvalue weighted by Gasteiger charge is -2.14. The van der Waals surface area contributed by atoms with Gasteiger partial charge in [0.05, 0.1) is 5.56 Å². The number of hydrogen-bond acceptors (Lipinski definition) is 4. The highest BCUT2D eigenvalue weighted by molar-refractivity contribution is 6.00. The molecule has 0 aliphatic heterocycles. The van der Waals surface area contributed by atoms with Gasteiger partial charge in [0.15, 0.2) is 6.10 Å². The molecule has 1 unspecified atom stereocenters. The monoisotopic (exact) mass is 403 g/mol. The van der Waals surface area contributed by atoms with Crippen molar-refractivity contribution in [1.82, 2.24) is 0 Å². The van der Waals surface area contributed by atoms with Crippen LogP contribution in [0.15, 0.2) is 84.9 Å². The van der Waals surface area contributed by atoms with Crippen LogP contribution in [-0.2, 0) is 9.53 Å². The number of carbonyl (C=O) groups is 3. The first kappa shape index (κ1) is 20.6. The van der Waals surface area contributed by atoms with Gasteiger partial charge in [0.1, 0.15) is 0 Å². The average molecular weight is 403 g/mol. The lowest BCUT2D eigenvalue weighted by molar-refractivity contribution is -0.123. The largest absolute Gasteiger partial charge is 0.449 e. The highest BCUT2D eigenvalue weighted by atomic mass is 16.5. The van der Waals surface area contributed by atoms with E-state index >= 15 is 0 Å². The first-order chi connectivity index (χ1) is 14.5. The number of para-hydroxylation sites is 2. The Kier molecular flexibility index (Phi) is 6.78. The Labute approximate surface area is 174 Å². The highest BCUT2D eigenvalue weighted by Gasteiger charge is 2.19. The van der Waals surface area contributed by atoms with Gasteiger partial charge in [-0.1, -0.05) is 36.4 Å². The number of anilines is 3. The van der Waals surface area contributed by atoms with Crippen LogP contribution in [0.5, 0.6) is 0 Å². The predicted molar refractivity (Wildman–Crippen MR) is 115 cm³/mol. The second kappa shape index (κ2) is 9.88. The number of benzene rings is 3. The van der Waals surface area contributed by atoms with Crippen LogP contribution in [0.3, 0.4) is 0 Å². The maximum Gasteiger partial charge on any atom is 0.338 e. The maximum absolute atomic E-state index is 12.3. The third-order valence-corrected chi connectivity index (χ3v) is 4.10. The first-order valence-electron chi connectivity index (χ1n) is 9.31. The number of ether oxygens (including phenoxy) is 1. The molecule has 0 aromatic heterocycles. The van der Waals surface area contributed by atoms with E-state index in [-0.39, 0.29) is 5.56 Å². The smallest absolute Gasteiger partial charge is 0.338 e. The maximum atomic E-state index is 12.3. The van der Waals surface area contributed by atoms with Gasteiger partial charge in [-0.15, -0.1) is 0 Å². The number of esters is 1. The molecule has 0 bridgehead atoms. The summed E-state index contributed by atoms with van der Waals surface area (Å²) >= 11 is 0. The molecule has 3 aromatic carbocycles. The molecule has 0 heterocycles. The summed E-state index contributed by atoms with van der Waals surface area (Å²) in [5.74, 6) is -1.06. The molecule has 0 saturated heterocycles. The van der Waals surface area contributed by atoms with Gasteiger partial charge >= 0.3 is 12.0 Å². The lowest BCUT2D eigenvalue weighted by atomic mass is 10.2. The molecule has 3 aromatic rings. The fourth-order valence-corrected chi connectivity index (χ4v) is 2.55. The minimum Gasteiger partial charge on any atom is -0.449 e. The van der Waals surface area contributed by atoms with Crippen LogP contribution >= 0.6 is 0 Å². The Morgan fingerprint density at radius 2 is 1.13 bits per heavy atom. The van der Waals surface area contributed by atoms with E-state index < -0.39 is 24.0 Å². The van der Waals surface area contributed by atoms with Crippen LogP contribution in [0, 0.1) is 0 Å². The molecule has 1 atom stereocenters. The molecule has 30 heavy (non-hydrogen) atoms. The van der Waals surface area contributed by atoms with E-state index in [9.17, 15) is 14.4 Å². The normalized spacial score (nSPS) is 11.1. The van der Waals surface area contributed by atoms with Crippen molar-refractivity contribution in [2.75, 3.05) is 16.0 Å². The molecular formula is C23H21N3O4. The zero-order valence-electron chi connectivity index (χ0n) is 16.3. The minimum absolute atomic E-state index is 0.267. The fraction of sp³-hybridized carbons (Fsp3) is 0.0870. The lowest BCUT2D eigenvalue weighted by Crippen LogP contribution is -2.30. The third-order valence-electron chi connectivity index (χ3n) is 4.10. The van der Waals surface area contributed by atoms with Crippen LogP contribution in [-0.4, -0.2) is 24.0 Å². The van der Waals surface area contributed by atoms with Gasteiger partial charge in [-0.3, -0.25) is 4.79 Å². The number of hydrogen-bond donors (Lipinski definition) is 3. The van der Waals surface area contributed by atoms with Crippen LogP contribution in [0.4, 0.5) is 21.9 Å². The number of nitrogens with one attached hydrogen (secondary N) is 3. The first-order valence-corrected chi connectivity index (χ1v) is 9.31. The Hall–Kier alpha value is -4.13. The number of carbonyl (C=O) groups excluding carboxylic acids is 3. The minimum atomic E-state index is -0.966. The van der Waals surface area contributed by atoms with Crippen molar-refractivity contribution >= 4 is 35.0 Å². The molecule has 7 nitrogen and oxygen atoms in total. The predicted octanol–water partition coefficient (Wildman–Crippen LogP) is 4.51. The molecule has 0 aliphatic carbocycles. The molecule has 7 heteroatoms. The summed E-state index contributed by atoms with van der Waals surface area (Å²) in [4.78, 5) is 36.5. The van der Waals surface area contributed by atoms with Crippen molar-refractivity contribution in [3.05, 3.63) is 90.5 Å². The third kappa shape index (κ3) is 5.93. The summed E-state index contributed by atoms with van der Waals surface area (Å²) < 4.78 is 5.22. The van der Waals surface area contributed by atoms with Gasteiger partial charge in [-0.2, -0.15) is 0 Å². The molecule has 0 saturated carbocycles. The van der Waals surface area contributed by atoms with Crippen LogP contribution in [0.2, 0.25) is 0 Å². The van der Waals surface area contributed by atoms with Crippen molar-refractivity contribution in [2.24, 2.45) is 0 Å². The van der Waals surface area contributed by atoms with Gasteiger partial charge in [0.25, 0.3) is 5.91 Å². The van der Waals surface area contributed by atoms with E-state index in [1.54, 1.807) is 48.5 Å². The zero-order valence-corrected chi connectivity index (χ0v) is 16.3. The average Bonchev–Trinajstić information content (AvgIpc) is 2.75. The van der Waals surface area contributed by atoms with Crippen molar-refractivity contribution < 1.29 is 19.1 Å². The van der Waals surface area contributed by atoms with Gasteiger partial charge in [-0.05, 0) is 55.5 Å². The Morgan fingerprint density at radius 3 is 1.67 bits per heavy atom. The molecule has 0 radical (unpaired) electrons. The Bertz CT molecular complexity index is 1010. The SMILES string of the molecule is CC(OC(=O)c1ccc(NC(=O)Nc2ccccc2)cc1)C(=O)Nc1ccccc1. The van der Waals surface area contributed by atoms with E-state index in [1.807, 2.05) is 24.3 Å². The summed E-state index contributed by atoms with van der Waals surface area (Å²) in [6.07, 6.45) is -0.966. The number of amides is 3. The van der Waals surface area contributed by atoms with E-state index in [2.05, 4.69) is 16.0 Å². The molecule has 0 aliphatic rings. The van der Waals surface area contributed by atoms with E-state index in [0.717, 1.165) is 0 Å². The summed E-state index contributed by atoms with van der Waals surface area (Å²) in [6.45, 7) is 1.50. The van der Waals surface area contributed by atoms with Gasteiger partial charge < -0.3 is 20.7 Å². The second-order valence-corrected chi connectivity index (χ2v) is 6.43.